The number of aromatic nitrogens is 1. The Balaban J connectivity index is 1.83. The minimum absolute atomic E-state index is 0.0427. The third-order valence-corrected chi connectivity index (χ3v) is 4.35. The normalized spacial score (nSPS) is 12.1. The average molecular weight is 318 g/mol. The van der Waals surface area contributed by atoms with Crippen molar-refractivity contribution in [3.63, 3.8) is 0 Å². The summed E-state index contributed by atoms with van der Waals surface area (Å²) in [6.45, 7) is 6.68. The van der Waals surface area contributed by atoms with Gasteiger partial charge in [-0.15, -0.1) is 0 Å². The maximum absolute atomic E-state index is 12.7. The molecule has 0 saturated carbocycles. The number of nitrogens with zero attached hydrogens (tertiary/aromatic N) is 1. The van der Waals surface area contributed by atoms with E-state index in [-0.39, 0.29) is 11.8 Å². The molecule has 1 atom stereocenters. The maximum atomic E-state index is 12.7. The van der Waals surface area contributed by atoms with Gasteiger partial charge in [-0.1, -0.05) is 55.5 Å². The van der Waals surface area contributed by atoms with Crippen LogP contribution in [0, 0.1) is 13.8 Å². The van der Waals surface area contributed by atoms with Crippen LogP contribution < -0.4 is 5.32 Å². The summed E-state index contributed by atoms with van der Waals surface area (Å²) < 4.78 is 0. The summed E-state index contributed by atoms with van der Waals surface area (Å²) in [5, 5.41) is 3.98. The second-order valence-corrected chi connectivity index (χ2v) is 6.30. The SMILES string of the molecule is Cc1cc(C(=O)NCC(C)c2ccccc2)c2cccc(C)c2n1. The molecule has 0 aliphatic heterocycles. The lowest BCUT2D eigenvalue weighted by Gasteiger charge is -2.14. The first kappa shape index (κ1) is 16.2. The van der Waals surface area contributed by atoms with E-state index in [2.05, 4.69) is 29.4 Å². The highest BCUT2D eigenvalue weighted by atomic mass is 16.1. The fraction of sp³-hybridized carbons (Fsp3) is 0.238. The summed E-state index contributed by atoms with van der Waals surface area (Å²) in [5.41, 5.74) is 4.77. The minimum atomic E-state index is -0.0427. The van der Waals surface area contributed by atoms with E-state index in [4.69, 9.17) is 0 Å². The van der Waals surface area contributed by atoms with Crippen LogP contribution in [0.5, 0.6) is 0 Å². The molecule has 3 heteroatoms. The molecule has 3 aromatic rings. The van der Waals surface area contributed by atoms with Crippen molar-refractivity contribution < 1.29 is 4.79 Å². The zero-order valence-electron chi connectivity index (χ0n) is 14.3. The Labute approximate surface area is 142 Å². The molecule has 0 saturated heterocycles. The van der Waals surface area contributed by atoms with Crippen LogP contribution in [0.25, 0.3) is 10.9 Å². The number of nitrogens with one attached hydrogen (secondary N) is 1. The van der Waals surface area contributed by atoms with E-state index in [9.17, 15) is 4.79 Å². The third kappa shape index (κ3) is 3.30. The van der Waals surface area contributed by atoms with Gasteiger partial charge in [-0.2, -0.15) is 0 Å². The van der Waals surface area contributed by atoms with Crippen molar-refractivity contribution in [2.24, 2.45) is 0 Å². The quantitative estimate of drug-likeness (QED) is 0.775. The highest BCUT2D eigenvalue weighted by Crippen LogP contribution is 2.21. The van der Waals surface area contributed by atoms with E-state index in [1.807, 2.05) is 56.3 Å². The smallest absolute Gasteiger partial charge is 0.252 e. The maximum Gasteiger partial charge on any atom is 0.252 e. The van der Waals surface area contributed by atoms with Crippen LogP contribution in [0.1, 0.15) is 40.0 Å². The van der Waals surface area contributed by atoms with Crippen molar-refractivity contribution >= 4 is 16.8 Å². The molecule has 0 radical (unpaired) electrons. The number of hydrogen-bond acceptors (Lipinski definition) is 2. The molecule has 3 rings (SSSR count). The lowest BCUT2D eigenvalue weighted by atomic mass is 10.0. The van der Waals surface area contributed by atoms with E-state index < -0.39 is 0 Å². The van der Waals surface area contributed by atoms with Crippen LogP contribution >= 0.6 is 0 Å². The predicted octanol–water partition coefficient (Wildman–Crippen LogP) is 4.39. The van der Waals surface area contributed by atoms with E-state index >= 15 is 0 Å². The van der Waals surface area contributed by atoms with E-state index in [1.54, 1.807) is 0 Å². The molecule has 1 N–H and O–H groups in total. The van der Waals surface area contributed by atoms with Gasteiger partial charge >= 0.3 is 0 Å². The summed E-state index contributed by atoms with van der Waals surface area (Å²) in [4.78, 5) is 17.3. The number of carbonyl (C=O) groups excluding carboxylic acids is 1. The largest absolute Gasteiger partial charge is 0.351 e. The molecule has 0 fully saturated rings. The summed E-state index contributed by atoms with van der Waals surface area (Å²) >= 11 is 0. The second-order valence-electron chi connectivity index (χ2n) is 6.30. The van der Waals surface area contributed by atoms with Crippen LogP contribution in [-0.2, 0) is 0 Å². The fourth-order valence-electron chi connectivity index (χ4n) is 2.95. The highest BCUT2D eigenvalue weighted by Gasteiger charge is 2.14. The van der Waals surface area contributed by atoms with Gasteiger partial charge in [-0.3, -0.25) is 9.78 Å². The van der Waals surface area contributed by atoms with E-state index in [0.717, 1.165) is 22.2 Å². The Morgan fingerprint density at radius 3 is 2.58 bits per heavy atom. The molecule has 0 spiro atoms. The topological polar surface area (TPSA) is 42.0 Å². The zero-order valence-corrected chi connectivity index (χ0v) is 14.3. The number of amides is 1. The van der Waals surface area contributed by atoms with Gasteiger partial charge < -0.3 is 5.32 Å². The molecule has 24 heavy (non-hydrogen) atoms. The molecule has 1 aromatic heterocycles. The van der Waals surface area contributed by atoms with Crippen molar-refractivity contribution in [3.8, 4) is 0 Å². The van der Waals surface area contributed by atoms with Crippen molar-refractivity contribution in [3.05, 3.63) is 77.0 Å². The van der Waals surface area contributed by atoms with Crippen LogP contribution in [0.3, 0.4) is 0 Å². The van der Waals surface area contributed by atoms with Crippen molar-refractivity contribution in [2.45, 2.75) is 26.7 Å². The van der Waals surface area contributed by atoms with Gasteiger partial charge in [0.25, 0.3) is 5.91 Å². The van der Waals surface area contributed by atoms with E-state index in [0.29, 0.717) is 12.1 Å². The Morgan fingerprint density at radius 1 is 1.08 bits per heavy atom. The monoisotopic (exact) mass is 318 g/mol. The van der Waals surface area contributed by atoms with Crippen molar-refractivity contribution in [1.82, 2.24) is 10.3 Å². The standard InChI is InChI=1S/C21H22N2O/c1-14-8-7-11-18-19(12-16(3)23-20(14)18)21(24)22-13-15(2)17-9-5-4-6-10-17/h4-12,15H,13H2,1-3H3,(H,22,24). The summed E-state index contributed by atoms with van der Waals surface area (Å²) in [7, 11) is 0. The van der Waals surface area contributed by atoms with Gasteiger partial charge in [0, 0.05) is 17.6 Å². The van der Waals surface area contributed by atoms with Crippen molar-refractivity contribution in [1.29, 1.82) is 0 Å². The molecule has 2 aromatic carbocycles. The molecule has 1 unspecified atom stereocenters. The molecule has 1 heterocycles. The number of para-hydroxylation sites is 1. The summed E-state index contributed by atoms with van der Waals surface area (Å²) in [6.07, 6.45) is 0. The first-order valence-corrected chi connectivity index (χ1v) is 8.26. The van der Waals surface area contributed by atoms with Gasteiger partial charge in [0.2, 0.25) is 0 Å². The van der Waals surface area contributed by atoms with Gasteiger partial charge in [-0.05, 0) is 37.0 Å². The van der Waals surface area contributed by atoms with Gasteiger partial charge in [0.15, 0.2) is 0 Å². The first-order chi connectivity index (χ1) is 11.6. The van der Waals surface area contributed by atoms with Gasteiger partial charge in [0.1, 0.15) is 0 Å². The number of aryl methyl sites for hydroxylation is 2. The molecular weight excluding hydrogens is 296 g/mol. The van der Waals surface area contributed by atoms with Crippen molar-refractivity contribution in [2.75, 3.05) is 6.54 Å². The highest BCUT2D eigenvalue weighted by molar-refractivity contribution is 6.06. The number of pyridine rings is 1. The lowest BCUT2D eigenvalue weighted by Crippen LogP contribution is -2.27. The lowest BCUT2D eigenvalue weighted by molar-refractivity contribution is 0.0953. The number of fused-ring (bicyclic) bond motifs is 1. The number of benzene rings is 2. The Hall–Kier alpha value is -2.68. The van der Waals surface area contributed by atoms with E-state index in [1.165, 1.54) is 5.56 Å². The Bertz CT molecular complexity index is 872. The Kier molecular flexibility index (Phi) is 4.61. The molecule has 1 amide bonds. The molecule has 3 nitrogen and oxygen atoms in total. The second kappa shape index (κ2) is 6.83. The Morgan fingerprint density at radius 2 is 1.83 bits per heavy atom. The summed E-state index contributed by atoms with van der Waals surface area (Å²) in [5.74, 6) is 0.227. The van der Waals surface area contributed by atoms with Crippen LogP contribution in [0.15, 0.2) is 54.6 Å². The summed E-state index contributed by atoms with van der Waals surface area (Å²) in [6, 6.07) is 18.0. The molecule has 122 valence electrons. The zero-order chi connectivity index (χ0) is 17.1. The number of hydrogen-bond donors (Lipinski definition) is 1. The first-order valence-electron chi connectivity index (χ1n) is 8.26. The molecule has 0 bridgehead atoms. The predicted molar refractivity (Wildman–Crippen MR) is 98.4 cm³/mol. The van der Waals surface area contributed by atoms with Gasteiger partial charge in [0.05, 0.1) is 11.1 Å². The fourth-order valence-corrected chi connectivity index (χ4v) is 2.95. The van der Waals surface area contributed by atoms with Crippen LogP contribution in [0.4, 0.5) is 0 Å². The minimum Gasteiger partial charge on any atom is -0.351 e. The van der Waals surface area contributed by atoms with Crippen LogP contribution in [-0.4, -0.2) is 17.4 Å². The van der Waals surface area contributed by atoms with Crippen LogP contribution in [0.2, 0.25) is 0 Å². The van der Waals surface area contributed by atoms with Gasteiger partial charge in [-0.25, -0.2) is 0 Å². The third-order valence-electron chi connectivity index (χ3n) is 4.35. The average Bonchev–Trinajstić information content (AvgIpc) is 2.60. The molecular formula is C21H22N2O. The molecule has 0 aliphatic rings. The number of rotatable bonds is 4. The molecule has 0 aliphatic carbocycles. The number of carbonyl (C=O) groups is 1.